The molecule has 1 heterocycles. The summed E-state index contributed by atoms with van der Waals surface area (Å²) in [6.07, 6.45) is 2.65. The summed E-state index contributed by atoms with van der Waals surface area (Å²) in [5.74, 6) is -0.848. The third kappa shape index (κ3) is 3.54. The number of nitrogens with one attached hydrogen (secondary N) is 1. The molecule has 4 nitrogen and oxygen atoms in total. The lowest BCUT2D eigenvalue weighted by Crippen LogP contribution is -2.38. The zero-order chi connectivity index (χ0) is 13.1. The summed E-state index contributed by atoms with van der Waals surface area (Å²) in [4.78, 5) is 14.2. The minimum absolute atomic E-state index is 0.389. The monoisotopic (exact) mass is 268 g/mol. The van der Waals surface area contributed by atoms with Gasteiger partial charge in [0, 0.05) is 35.4 Å². The van der Waals surface area contributed by atoms with Gasteiger partial charge in [0.25, 0.3) is 0 Å². The van der Waals surface area contributed by atoms with E-state index in [9.17, 15) is 4.79 Å². The van der Waals surface area contributed by atoms with Gasteiger partial charge >= 0.3 is 5.97 Å². The summed E-state index contributed by atoms with van der Waals surface area (Å²) >= 11 is 1.50. The van der Waals surface area contributed by atoms with Gasteiger partial charge in [-0.25, -0.2) is 4.79 Å². The largest absolute Gasteiger partial charge is 0.478 e. The molecule has 2 rings (SSSR count). The second-order valence-electron chi connectivity index (χ2n) is 4.98. The van der Waals surface area contributed by atoms with E-state index < -0.39 is 5.97 Å². The van der Waals surface area contributed by atoms with E-state index in [4.69, 9.17) is 5.11 Å². The van der Waals surface area contributed by atoms with Crippen molar-refractivity contribution in [3.63, 3.8) is 0 Å². The minimum Gasteiger partial charge on any atom is -0.478 e. The summed E-state index contributed by atoms with van der Waals surface area (Å²) in [6, 6.07) is 3.05. The standard InChI is InChI=1S/C13H20N2O2S/c1-9(15(2)11-3-4-11)6-14-7-12-5-10(8-18-12)13(16)17/h5,8-9,11,14H,3-4,6-7H2,1-2H3,(H,16,17). The first-order chi connectivity index (χ1) is 8.58. The van der Waals surface area contributed by atoms with Crippen molar-refractivity contribution in [3.05, 3.63) is 21.9 Å². The Balaban J connectivity index is 1.72. The van der Waals surface area contributed by atoms with Crippen LogP contribution in [0.5, 0.6) is 0 Å². The number of carboxylic acids is 1. The SMILES string of the molecule is CC(CNCc1cc(C(=O)O)cs1)N(C)C1CC1. The molecule has 5 heteroatoms. The lowest BCUT2D eigenvalue weighted by Gasteiger charge is -2.24. The van der Waals surface area contributed by atoms with Gasteiger partial charge in [0.2, 0.25) is 0 Å². The number of nitrogens with zero attached hydrogens (tertiary/aromatic N) is 1. The van der Waals surface area contributed by atoms with E-state index in [-0.39, 0.29) is 0 Å². The number of thiophene rings is 1. The number of carbonyl (C=O) groups is 1. The lowest BCUT2D eigenvalue weighted by molar-refractivity contribution is 0.0697. The maximum absolute atomic E-state index is 10.7. The topological polar surface area (TPSA) is 52.6 Å². The van der Waals surface area contributed by atoms with Gasteiger partial charge in [-0.1, -0.05) is 0 Å². The molecule has 1 saturated carbocycles. The molecule has 100 valence electrons. The highest BCUT2D eigenvalue weighted by Gasteiger charge is 2.28. The van der Waals surface area contributed by atoms with Gasteiger partial charge in [-0.15, -0.1) is 11.3 Å². The average Bonchev–Trinajstić information content (AvgIpc) is 3.07. The highest BCUT2D eigenvalue weighted by molar-refractivity contribution is 7.10. The van der Waals surface area contributed by atoms with E-state index in [2.05, 4.69) is 24.2 Å². The normalized spacial score (nSPS) is 17.1. The van der Waals surface area contributed by atoms with Crippen LogP contribution in [-0.4, -0.2) is 41.7 Å². The fraction of sp³-hybridized carbons (Fsp3) is 0.615. The molecule has 1 aromatic rings. The molecule has 1 unspecified atom stereocenters. The lowest BCUT2D eigenvalue weighted by atomic mass is 10.2. The van der Waals surface area contributed by atoms with Gasteiger partial charge in [-0.2, -0.15) is 0 Å². The predicted molar refractivity (Wildman–Crippen MR) is 73.2 cm³/mol. The van der Waals surface area contributed by atoms with Gasteiger partial charge < -0.3 is 10.4 Å². The van der Waals surface area contributed by atoms with Crippen molar-refractivity contribution in [1.82, 2.24) is 10.2 Å². The van der Waals surface area contributed by atoms with E-state index in [1.165, 1.54) is 24.2 Å². The van der Waals surface area contributed by atoms with Crippen LogP contribution in [0.2, 0.25) is 0 Å². The predicted octanol–water partition coefficient (Wildman–Crippen LogP) is 2.02. The van der Waals surface area contributed by atoms with Gasteiger partial charge in [0.1, 0.15) is 0 Å². The number of likely N-dealkylation sites (N-methyl/N-ethyl adjacent to an activating group) is 1. The summed E-state index contributed by atoms with van der Waals surface area (Å²) in [5.41, 5.74) is 0.389. The Labute approximate surface area is 112 Å². The number of hydrogen-bond donors (Lipinski definition) is 2. The molecule has 0 saturated heterocycles. The first-order valence-electron chi connectivity index (χ1n) is 6.31. The Morgan fingerprint density at radius 3 is 2.94 bits per heavy atom. The van der Waals surface area contributed by atoms with Gasteiger partial charge in [0.05, 0.1) is 5.56 Å². The molecule has 1 aromatic heterocycles. The first kappa shape index (κ1) is 13.5. The van der Waals surface area contributed by atoms with Crippen LogP contribution in [0.4, 0.5) is 0 Å². The second-order valence-corrected chi connectivity index (χ2v) is 5.98. The highest BCUT2D eigenvalue weighted by atomic mass is 32.1. The molecule has 0 radical (unpaired) electrons. The number of aromatic carboxylic acids is 1. The quantitative estimate of drug-likeness (QED) is 0.794. The van der Waals surface area contributed by atoms with Crippen molar-refractivity contribution in [2.75, 3.05) is 13.6 Å². The number of rotatable bonds is 7. The summed E-state index contributed by atoms with van der Waals surface area (Å²) in [5, 5.41) is 13.9. The molecular weight excluding hydrogens is 248 g/mol. The second kappa shape index (κ2) is 5.82. The fourth-order valence-corrected chi connectivity index (χ4v) is 2.80. The molecule has 0 amide bonds. The molecule has 18 heavy (non-hydrogen) atoms. The summed E-state index contributed by atoms with van der Waals surface area (Å²) in [6.45, 7) is 3.91. The molecule has 2 N–H and O–H groups in total. The van der Waals surface area contributed by atoms with E-state index in [1.807, 2.05) is 0 Å². The molecule has 1 aliphatic rings. The van der Waals surface area contributed by atoms with Crippen molar-refractivity contribution >= 4 is 17.3 Å². The van der Waals surface area contributed by atoms with E-state index in [0.717, 1.165) is 24.0 Å². The Kier molecular flexibility index (Phi) is 4.37. The third-order valence-electron chi connectivity index (χ3n) is 3.46. The van der Waals surface area contributed by atoms with Gasteiger partial charge in [0.15, 0.2) is 0 Å². The van der Waals surface area contributed by atoms with Crippen LogP contribution in [0.15, 0.2) is 11.4 Å². The van der Waals surface area contributed by atoms with Gasteiger partial charge in [-0.05, 0) is 32.9 Å². The van der Waals surface area contributed by atoms with Crippen molar-refractivity contribution < 1.29 is 9.90 Å². The van der Waals surface area contributed by atoms with Crippen molar-refractivity contribution in [2.45, 2.75) is 38.4 Å². The molecule has 0 aromatic carbocycles. The molecule has 0 spiro atoms. The minimum atomic E-state index is -0.848. The molecule has 0 aliphatic heterocycles. The fourth-order valence-electron chi connectivity index (χ4n) is 1.98. The average molecular weight is 268 g/mol. The molecule has 1 aliphatic carbocycles. The Hall–Kier alpha value is -0.910. The Morgan fingerprint density at radius 1 is 1.67 bits per heavy atom. The van der Waals surface area contributed by atoms with Crippen molar-refractivity contribution in [2.24, 2.45) is 0 Å². The third-order valence-corrected chi connectivity index (χ3v) is 4.39. The number of hydrogen-bond acceptors (Lipinski definition) is 4. The van der Waals surface area contributed by atoms with Crippen LogP contribution in [0.25, 0.3) is 0 Å². The van der Waals surface area contributed by atoms with Crippen LogP contribution in [0, 0.1) is 0 Å². The van der Waals surface area contributed by atoms with E-state index in [0.29, 0.717) is 11.6 Å². The van der Waals surface area contributed by atoms with Crippen LogP contribution >= 0.6 is 11.3 Å². The van der Waals surface area contributed by atoms with Crippen molar-refractivity contribution in [1.29, 1.82) is 0 Å². The highest BCUT2D eigenvalue weighted by Crippen LogP contribution is 2.26. The summed E-state index contributed by atoms with van der Waals surface area (Å²) < 4.78 is 0. The first-order valence-corrected chi connectivity index (χ1v) is 7.19. The summed E-state index contributed by atoms with van der Waals surface area (Å²) in [7, 11) is 2.18. The maximum Gasteiger partial charge on any atom is 0.336 e. The maximum atomic E-state index is 10.7. The smallest absolute Gasteiger partial charge is 0.336 e. The number of carboxylic acid groups (broad SMARTS) is 1. The Bertz CT molecular complexity index is 415. The zero-order valence-corrected chi connectivity index (χ0v) is 11.7. The van der Waals surface area contributed by atoms with Gasteiger partial charge in [-0.3, -0.25) is 4.90 Å². The van der Waals surface area contributed by atoms with E-state index in [1.54, 1.807) is 11.4 Å². The molecular formula is C13H20N2O2S. The van der Waals surface area contributed by atoms with Crippen LogP contribution in [0.1, 0.15) is 35.0 Å². The van der Waals surface area contributed by atoms with Crippen LogP contribution < -0.4 is 5.32 Å². The Morgan fingerprint density at radius 2 is 2.39 bits per heavy atom. The van der Waals surface area contributed by atoms with Crippen LogP contribution in [-0.2, 0) is 6.54 Å². The molecule has 0 bridgehead atoms. The zero-order valence-electron chi connectivity index (χ0n) is 10.8. The van der Waals surface area contributed by atoms with Crippen LogP contribution in [0.3, 0.4) is 0 Å². The van der Waals surface area contributed by atoms with Crippen molar-refractivity contribution in [3.8, 4) is 0 Å². The van der Waals surface area contributed by atoms with E-state index >= 15 is 0 Å². The molecule has 1 atom stereocenters. The molecule has 1 fully saturated rings.